The number of phenols is 1. The Morgan fingerprint density at radius 3 is 3.00 bits per heavy atom. The van der Waals surface area contributed by atoms with Crippen molar-refractivity contribution in [3.63, 3.8) is 0 Å². The molecule has 0 spiro atoms. The third kappa shape index (κ3) is 2.10. The molecule has 3 nitrogen and oxygen atoms in total. The summed E-state index contributed by atoms with van der Waals surface area (Å²) in [5.74, 6) is 3.97. The fourth-order valence-corrected chi connectivity index (χ4v) is 4.03. The summed E-state index contributed by atoms with van der Waals surface area (Å²) in [6.07, 6.45) is 7.41. The summed E-state index contributed by atoms with van der Waals surface area (Å²) in [5.41, 5.74) is 5.82. The maximum absolute atomic E-state index is 10.4. The predicted octanol–water partition coefficient (Wildman–Crippen LogP) is 3.16. The summed E-state index contributed by atoms with van der Waals surface area (Å²) in [4.78, 5) is 2.37. The number of nitrogens with zero attached hydrogens (tertiary/aromatic N) is 1. The average molecular weight is 305 g/mol. The quantitative estimate of drug-likeness (QED) is 0.865. The molecule has 1 aliphatic carbocycles. The second-order valence-corrected chi connectivity index (χ2v) is 6.20. The van der Waals surface area contributed by atoms with Gasteiger partial charge in [-0.25, -0.2) is 0 Å². The Morgan fingerprint density at radius 1 is 1.35 bits per heavy atom. The largest absolute Gasteiger partial charge is 0.507 e. The van der Waals surface area contributed by atoms with Crippen LogP contribution >= 0.6 is 0 Å². The molecule has 3 heteroatoms. The van der Waals surface area contributed by atoms with E-state index in [0.717, 1.165) is 36.3 Å². The molecule has 0 bridgehead atoms. The van der Waals surface area contributed by atoms with Crippen molar-refractivity contribution in [2.75, 3.05) is 20.2 Å². The van der Waals surface area contributed by atoms with Gasteiger partial charge in [0.05, 0.1) is 13.7 Å². The standard InChI is InChI=1S/C20H19NO2/c1-3-8-21-9-7-14-10-15(23-2)12-16-19(14)17(21)11-13-5-4-6-18(22)20(13)16/h1,4-6,10,12,17,22H,7-9,11H2,2H3/t17-/m1/s1. The van der Waals surface area contributed by atoms with Crippen LogP contribution in [0, 0.1) is 12.3 Å². The van der Waals surface area contributed by atoms with Crippen LogP contribution in [0.3, 0.4) is 0 Å². The van der Waals surface area contributed by atoms with E-state index in [0.29, 0.717) is 12.3 Å². The molecule has 0 saturated heterocycles. The van der Waals surface area contributed by atoms with Gasteiger partial charge < -0.3 is 9.84 Å². The summed E-state index contributed by atoms with van der Waals surface area (Å²) < 4.78 is 5.48. The molecule has 0 amide bonds. The second-order valence-electron chi connectivity index (χ2n) is 6.20. The molecular formula is C20H19NO2. The first-order valence-electron chi connectivity index (χ1n) is 7.92. The van der Waals surface area contributed by atoms with Crippen LogP contribution in [-0.4, -0.2) is 30.2 Å². The zero-order valence-electron chi connectivity index (χ0n) is 13.2. The van der Waals surface area contributed by atoms with Crippen LogP contribution in [0.2, 0.25) is 0 Å². The normalized spacial score (nSPS) is 18.7. The van der Waals surface area contributed by atoms with Crippen LogP contribution in [0.1, 0.15) is 22.7 Å². The maximum atomic E-state index is 10.4. The van der Waals surface area contributed by atoms with Crippen molar-refractivity contribution < 1.29 is 9.84 Å². The van der Waals surface area contributed by atoms with Gasteiger partial charge in [0.15, 0.2) is 0 Å². The van der Waals surface area contributed by atoms with Gasteiger partial charge in [0.1, 0.15) is 11.5 Å². The van der Waals surface area contributed by atoms with Gasteiger partial charge in [0, 0.05) is 18.2 Å². The van der Waals surface area contributed by atoms with E-state index in [1.165, 1.54) is 16.7 Å². The highest BCUT2D eigenvalue weighted by atomic mass is 16.5. The lowest BCUT2D eigenvalue weighted by molar-refractivity contribution is 0.206. The highest BCUT2D eigenvalue weighted by Gasteiger charge is 2.35. The van der Waals surface area contributed by atoms with Crippen molar-refractivity contribution in [3.05, 3.63) is 47.0 Å². The predicted molar refractivity (Wildman–Crippen MR) is 90.6 cm³/mol. The number of ether oxygens (including phenoxy) is 1. The summed E-state index contributed by atoms with van der Waals surface area (Å²) in [6.45, 7) is 1.62. The molecular weight excluding hydrogens is 286 g/mol. The van der Waals surface area contributed by atoms with Gasteiger partial charge in [-0.1, -0.05) is 18.1 Å². The lowest BCUT2D eigenvalue weighted by atomic mass is 9.76. The number of aromatic hydroxyl groups is 1. The minimum atomic E-state index is 0.282. The second kappa shape index (κ2) is 5.33. The molecule has 2 aromatic rings. The van der Waals surface area contributed by atoms with Gasteiger partial charge in [-0.05, 0) is 53.3 Å². The van der Waals surface area contributed by atoms with Gasteiger partial charge in [-0.2, -0.15) is 0 Å². The smallest absolute Gasteiger partial charge is 0.123 e. The van der Waals surface area contributed by atoms with E-state index >= 15 is 0 Å². The first-order chi connectivity index (χ1) is 11.2. The molecule has 1 N–H and O–H groups in total. The Kier molecular flexibility index (Phi) is 3.28. The summed E-state index contributed by atoms with van der Waals surface area (Å²) in [5, 5.41) is 10.4. The number of hydrogen-bond acceptors (Lipinski definition) is 3. The fraction of sp³-hybridized carbons (Fsp3) is 0.300. The highest BCUT2D eigenvalue weighted by Crippen LogP contribution is 2.49. The Bertz CT molecular complexity index is 819. The number of methoxy groups -OCH3 is 1. The molecule has 23 heavy (non-hydrogen) atoms. The van der Waals surface area contributed by atoms with Crippen LogP contribution in [0.25, 0.3) is 11.1 Å². The molecule has 116 valence electrons. The van der Waals surface area contributed by atoms with Crippen LogP contribution < -0.4 is 4.74 Å². The van der Waals surface area contributed by atoms with E-state index in [-0.39, 0.29) is 6.04 Å². The molecule has 0 radical (unpaired) electrons. The van der Waals surface area contributed by atoms with Gasteiger partial charge in [-0.15, -0.1) is 6.42 Å². The third-order valence-electron chi connectivity index (χ3n) is 5.02. The van der Waals surface area contributed by atoms with Crippen molar-refractivity contribution in [2.24, 2.45) is 0 Å². The van der Waals surface area contributed by atoms with Crippen LogP contribution in [-0.2, 0) is 12.8 Å². The molecule has 1 aliphatic heterocycles. The van der Waals surface area contributed by atoms with E-state index in [4.69, 9.17) is 11.2 Å². The molecule has 0 fully saturated rings. The third-order valence-corrected chi connectivity index (χ3v) is 5.02. The molecule has 0 aromatic heterocycles. The van der Waals surface area contributed by atoms with Crippen molar-refractivity contribution >= 4 is 0 Å². The topological polar surface area (TPSA) is 32.7 Å². The first-order valence-corrected chi connectivity index (χ1v) is 7.92. The zero-order chi connectivity index (χ0) is 16.0. The Labute approximate surface area is 136 Å². The number of fused-ring (bicyclic) bond motifs is 2. The van der Waals surface area contributed by atoms with Crippen LogP contribution in [0.4, 0.5) is 0 Å². The maximum Gasteiger partial charge on any atom is 0.123 e. The molecule has 1 heterocycles. The molecule has 1 atom stereocenters. The van der Waals surface area contributed by atoms with Crippen molar-refractivity contribution in [2.45, 2.75) is 18.9 Å². The SMILES string of the molecule is C#CCN1CCc2cc(OC)cc3c2[C@H]1Cc1cccc(O)c1-3. The van der Waals surface area contributed by atoms with E-state index < -0.39 is 0 Å². The van der Waals surface area contributed by atoms with Crippen LogP contribution in [0.15, 0.2) is 30.3 Å². The van der Waals surface area contributed by atoms with E-state index in [9.17, 15) is 5.11 Å². The number of terminal acetylenes is 1. The lowest BCUT2D eigenvalue weighted by Crippen LogP contribution is -2.38. The molecule has 2 aromatic carbocycles. The monoisotopic (exact) mass is 305 g/mol. The van der Waals surface area contributed by atoms with E-state index in [1.807, 2.05) is 12.1 Å². The highest BCUT2D eigenvalue weighted by molar-refractivity contribution is 5.81. The zero-order valence-corrected chi connectivity index (χ0v) is 13.2. The van der Waals surface area contributed by atoms with Gasteiger partial charge >= 0.3 is 0 Å². The number of benzene rings is 2. The first kappa shape index (κ1) is 14.2. The van der Waals surface area contributed by atoms with Gasteiger partial charge in [0.25, 0.3) is 0 Å². The van der Waals surface area contributed by atoms with Gasteiger partial charge in [0.2, 0.25) is 0 Å². The average Bonchev–Trinajstić information content (AvgIpc) is 2.57. The fourth-order valence-electron chi connectivity index (χ4n) is 4.03. The minimum absolute atomic E-state index is 0.282. The van der Waals surface area contributed by atoms with Crippen molar-refractivity contribution in [1.29, 1.82) is 0 Å². The van der Waals surface area contributed by atoms with Gasteiger partial charge in [-0.3, -0.25) is 4.90 Å². The Morgan fingerprint density at radius 2 is 2.22 bits per heavy atom. The van der Waals surface area contributed by atoms with Crippen molar-refractivity contribution in [3.8, 4) is 35.0 Å². The number of phenolic OH excluding ortho intramolecular Hbond substituents is 1. The van der Waals surface area contributed by atoms with Crippen molar-refractivity contribution in [1.82, 2.24) is 4.90 Å². The summed E-state index contributed by atoms with van der Waals surface area (Å²) >= 11 is 0. The van der Waals surface area contributed by atoms with Crippen LogP contribution in [0.5, 0.6) is 11.5 Å². The van der Waals surface area contributed by atoms with E-state index in [1.54, 1.807) is 13.2 Å². The molecule has 0 unspecified atom stereocenters. The molecule has 4 rings (SSSR count). The van der Waals surface area contributed by atoms with E-state index in [2.05, 4.69) is 23.0 Å². The summed E-state index contributed by atoms with van der Waals surface area (Å²) in [7, 11) is 1.69. The Hall–Kier alpha value is -2.44. The summed E-state index contributed by atoms with van der Waals surface area (Å²) in [6, 6.07) is 10.2. The lowest BCUT2D eigenvalue weighted by Gasteiger charge is -2.41. The molecule has 0 saturated carbocycles. The minimum Gasteiger partial charge on any atom is -0.507 e. The Balaban J connectivity index is 1.98. The molecule has 2 aliphatic rings. The number of rotatable bonds is 2. The number of hydrogen-bond donors (Lipinski definition) is 1.